The fourth-order valence-corrected chi connectivity index (χ4v) is 2.94. The summed E-state index contributed by atoms with van der Waals surface area (Å²) in [6, 6.07) is 0. The summed E-state index contributed by atoms with van der Waals surface area (Å²) in [6.07, 6.45) is 6.53. The van der Waals surface area contributed by atoms with Crippen LogP contribution in [0.1, 0.15) is 52.4 Å². The van der Waals surface area contributed by atoms with Crippen LogP contribution in [0.3, 0.4) is 0 Å². The third-order valence-electron chi connectivity index (χ3n) is 3.92. The Morgan fingerprint density at radius 2 is 2.00 bits per heavy atom. The first-order chi connectivity index (χ1) is 6.17. The first-order valence-electron chi connectivity index (χ1n) is 5.53. The molecule has 0 bridgehead atoms. The van der Waals surface area contributed by atoms with Gasteiger partial charge in [-0.25, -0.2) is 0 Å². The lowest BCUT2D eigenvalue weighted by Crippen LogP contribution is -2.40. The maximum absolute atomic E-state index is 9.48. The molecule has 1 rings (SSSR count). The van der Waals surface area contributed by atoms with Crippen molar-refractivity contribution in [2.75, 3.05) is 0 Å². The summed E-state index contributed by atoms with van der Waals surface area (Å²) in [4.78, 5) is 0. The van der Waals surface area contributed by atoms with Gasteiger partial charge in [0.1, 0.15) is 0 Å². The normalized spacial score (nSPS) is 34.6. The Labute approximate surface area is 81.5 Å². The zero-order valence-electron chi connectivity index (χ0n) is 8.79. The second-order valence-corrected chi connectivity index (χ2v) is 4.31. The summed E-state index contributed by atoms with van der Waals surface area (Å²) in [7, 11) is -1.12. The van der Waals surface area contributed by atoms with Gasteiger partial charge in [0.15, 0.2) is 0 Å². The summed E-state index contributed by atoms with van der Waals surface area (Å²) in [5.41, 5.74) is 0. The van der Waals surface area contributed by atoms with E-state index in [2.05, 4.69) is 13.8 Å². The van der Waals surface area contributed by atoms with E-state index in [-0.39, 0.29) is 5.31 Å². The standard InChI is InChI=1S/C10H21BO2/c1-3-9-7-5-6-8-10(9,4-2)11(12)13/h9,12-13H,3-8H2,1-2H3. The average Bonchev–Trinajstić information content (AvgIpc) is 2.17. The van der Waals surface area contributed by atoms with Crippen molar-refractivity contribution < 1.29 is 10.0 Å². The van der Waals surface area contributed by atoms with E-state index >= 15 is 0 Å². The lowest BCUT2D eigenvalue weighted by Gasteiger charge is -2.43. The highest BCUT2D eigenvalue weighted by Crippen LogP contribution is 2.52. The second-order valence-electron chi connectivity index (χ2n) is 4.31. The highest BCUT2D eigenvalue weighted by molar-refractivity contribution is 6.45. The minimum Gasteiger partial charge on any atom is -0.427 e. The van der Waals surface area contributed by atoms with E-state index < -0.39 is 7.12 Å². The topological polar surface area (TPSA) is 40.5 Å². The van der Waals surface area contributed by atoms with Gasteiger partial charge in [-0.3, -0.25) is 0 Å². The van der Waals surface area contributed by atoms with E-state index in [1.807, 2.05) is 0 Å². The highest BCUT2D eigenvalue weighted by atomic mass is 16.4. The Hall–Kier alpha value is -0.0151. The molecule has 0 amide bonds. The molecule has 0 radical (unpaired) electrons. The molecular weight excluding hydrogens is 163 g/mol. The molecule has 1 saturated carbocycles. The van der Waals surface area contributed by atoms with Crippen LogP contribution in [-0.4, -0.2) is 17.2 Å². The minimum absolute atomic E-state index is 0.201. The van der Waals surface area contributed by atoms with Crippen molar-refractivity contribution in [2.45, 2.75) is 57.7 Å². The Bertz CT molecular complexity index is 161. The molecular formula is C10H21BO2. The summed E-state index contributed by atoms with van der Waals surface area (Å²) < 4.78 is 0. The third kappa shape index (κ3) is 1.91. The van der Waals surface area contributed by atoms with Crippen LogP contribution in [0.25, 0.3) is 0 Å². The van der Waals surface area contributed by atoms with Crippen molar-refractivity contribution in [1.82, 2.24) is 0 Å². The van der Waals surface area contributed by atoms with Crippen molar-refractivity contribution in [3.63, 3.8) is 0 Å². The van der Waals surface area contributed by atoms with Crippen molar-refractivity contribution in [1.29, 1.82) is 0 Å². The molecule has 1 fully saturated rings. The van der Waals surface area contributed by atoms with Gasteiger partial charge in [0.2, 0.25) is 0 Å². The van der Waals surface area contributed by atoms with E-state index in [9.17, 15) is 10.0 Å². The number of rotatable bonds is 3. The second kappa shape index (κ2) is 4.47. The minimum atomic E-state index is -1.12. The van der Waals surface area contributed by atoms with Crippen LogP contribution in [0.15, 0.2) is 0 Å². The molecule has 0 heterocycles. The monoisotopic (exact) mass is 184 g/mol. The molecule has 0 saturated heterocycles. The smallest absolute Gasteiger partial charge is 0.427 e. The summed E-state index contributed by atoms with van der Waals surface area (Å²) in [6.45, 7) is 4.23. The molecule has 2 N–H and O–H groups in total. The fraction of sp³-hybridized carbons (Fsp3) is 1.00. The summed E-state index contributed by atoms with van der Waals surface area (Å²) in [5.74, 6) is 0.506. The lowest BCUT2D eigenvalue weighted by molar-refractivity contribution is 0.186. The summed E-state index contributed by atoms with van der Waals surface area (Å²) >= 11 is 0. The predicted octanol–water partition coefficient (Wildman–Crippen LogP) is 2.21. The van der Waals surface area contributed by atoms with Gasteiger partial charge in [-0.2, -0.15) is 0 Å². The molecule has 2 atom stereocenters. The van der Waals surface area contributed by atoms with Crippen molar-refractivity contribution in [3.05, 3.63) is 0 Å². The van der Waals surface area contributed by atoms with Crippen LogP contribution < -0.4 is 0 Å². The highest BCUT2D eigenvalue weighted by Gasteiger charge is 2.46. The first kappa shape index (κ1) is 11.1. The quantitative estimate of drug-likeness (QED) is 0.660. The third-order valence-corrected chi connectivity index (χ3v) is 3.92. The molecule has 2 unspecified atom stereocenters. The zero-order valence-corrected chi connectivity index (χ0v) is 8.79. The Kier molecular flexibility index (Phi) is 3.80. The largest absolute Gasteiger partial charge is 0.458 e. The van der Waals surface area contributed by atoms with Crippen LogP contribution in [0.4, 0.5) is 0 Å². The average molecular weight is 184 g/mol. The molecule has 1 aliphatic carbocycles. The molecule has 0 aromatic carbocycles. The van der Waals surface area contributed by atoms with Gasteiger partial charge >= 0.3 is 7.12 Å². The Morgan fingerprint density at radius 1 is 1.31 bits per heavy atom. The van der Waals surface area contributed by atoms with Crippen LogP contribution in [0, 0.1) is 5.92 Å². The van der Waals surface area contributed by atoms with E-state index in [0.717, 1.165) is 25.7 Å². The Balaban J connectivity index is 2.78. The van der Waals surface area contributed by atoms with Crippen LogP contribution in [-0.2, 0) is 0 Å². The summed E-state index contributed by atoms with van der Waals surface area (Å²) in [5, 5.41) is 18.8. The molecule has 0 spiro atoms. The first-order valence-corrected chi connectivity index (χ1v) is 5.53. The van der Waals surface area contributed by atoms with Crippen molar-refractivity contribution in [2.24, 2.45) is 5.92 Å². The maximum Gasteiger partial charge on any atom is 0.458 e. The molecule has 0 aliphatic heterocycles. The van der Waals surface area contributed by atoms with Gasteiger partial charge in [-0.1, -0.05) is 46.0 Å². The van der Waals surface area contributed by atoms with Gasteiger partial charge < -0.3 is 10.0 Å². The van der Waals surface area contributed by atoms with E-state index in [1.54, 1.807) is 0 Å². The van der Waals surface area contributed by atoms with Gasteiger partial charge in [0.05, 0.1) is 0 Å². The molecule has 13 heavy (non-hydrogen) atoms. The van der Waals surface area contributed by atoms with Crippen LogP contribution >= 0.6 is 0 Å². The van der Waals surface area contributed by atoms with Crippen LogP contribution in [0.5, 0.6) is 0 Å². The van der Waals surface area contributed by atoms with Gasteiger partial charge in [-0.05, 0) is 12.3 Å². The Morgan fingerprint density at radius 3 is 2.38 bits per heavy atom. The van der Waals surface area contributed by atoms with E-state index in [4.69, 9.17) is 0 Å². The molecule has 1 aliphatic rings. The van der Waals surface area contributed by atoms with Crippen molar-refractivity contribution >= 4 is 7.12 Å². The van der Waals surface area contributed by atoms with Gasteiger partial charge in [0.25, 0.3) is 0 Å². The lowest BCUT2D eigenvalue weighted by atomic mass is 9.45. The molecule has 0 aromatic heterocycles. The maximum atomic E-state index is 9.48. The van der Waals surface area contributed by atoms with Crippen molar-refractivity contribution in [3.8, 4) is 0 Å². The molecule has 2 nitrogen and oxygen atoms in total. The van der Waals surface area contributed by atoms with Gasteiger partial charge in [-0.15, -0.1) is 0 Å². The van der Waals surface area contributed by atoms with Crippen LogP contribution in [0.2, 0.25) is 5.31 Å². The molecule has 3 heteroatoms. The number of hydrogen-bond acceptors (Lipinski definition) is 2. The SMILES string of the molecule is CCC1CCCCC1(CC)B(O)O. The zero-order chi connectivity index (χ0) is 9.90. The van der Waals surface area contributed by atoms with Gasteiger partial charge in [0, 0.05) is 5.31 Å². The van der Waals surface area contributed by atoms with E-state index in [0.29, 0.717) is 5.92 Å². The molecule has 76 valence electrons. The fourth-order valence-electron chi connectivity index (χ4n) is 2.94. The molecule has 0 aromatic rings. The number of hydrogen-bond donors (Lipinski definition) is 2. The van der Waals surface area contributed by atoms with E-state index in [1.165, 1.54) is 12.8 Å². The predicted molar refractivity (Wildman–Crippen MR) is 55.4 cm³/mol.